The van der Waals surface area contributed by atoms with Gasteiger partial charge in [-0.05, 0) is 24.3 Å². The SMILES string of the molecule is O=C(COC(=O)c1ccc(Cl)c(Cl)c1)Nc1ccccc1[N+](=O)[O-]. The van der Waals surface area contributed by atoms with Crippen molar-refractivity contribution in [2.45, 2.75) is 0 Å². The Morgan fingerprint density at radius 2 is 1.83 bits per heavy atom. The van der Waals surface area contributed by atoms with Crippen LogP contribution < -0.4 is 5.32 Å². The third-order valence-electron chi connectivity index (χ3n) is 2.86. The normalized spacial score (nSPS) is 10.1. The fraction of sp³-hybridized carbons (Fsp3) is 0.0667. The summed E-state index contributed by atoms with van der Waals surface area (Å²) in [5.41, 5.74) is -0.123. The smallest absolute Gasteiger partial charge is 0.338 e. The lowest BCUT2D eigenvalue weighted by atomic mass is 10.2. The van der Waals surface area contributed by atoms with Crippen LogP contribution in [0.1, 0.15) is 10.4 Å². The van der Waals surface area contributed by atoms with Crippen LogP contribution >= 0.6 is 23.2 Å². The van der Waals surface area contributed by atoms with Gasteiger partial charge in [0.05, 0.1) is 20.5 Å². The zero-order chi connectivity index (χ0) is 17.7. The van der Waals surface area contributed by atoms with E-state index in [1.165, 1.54) is 42.5 Å². The summed E-state index contributed by atoms with van der Waals surface area (Å²) in [5, 5.41) is 13.6. The number of nitrogens with one attached hydrogen (secondary N) is 1. The molecule has 0 bridgehead atoms. The molecule has 124 valence electrons. The molecule has 0 aromatic heterocycles. The number of ether oxygens (including phenoxy) is 1. The molecule has 0 unspecified atom stereocenters. The predicted molar refractivity (Wildman–Crippen MR) is 88.5 cm³/mol. The van der Waals surface area contributed by atoms with Crippen LogP contribution in [-0.2, 0) is 9.53 Å². The molecule has 1 N–H and O–H groups in total. The first-order valence-electron chi connectivity index (χ1n) is 6.54. The number of esters is 1. The summed E-state index contributed by atoms with van der Waals surface area (Å²) in [4.78, 5) is 33.8. The molecule has 2 rings (SSSR count). The van der Waals surface area contributed by atoms with E-state index in [9.17, 15) is 19.7 Å². The number of nitrogens with zero attached hydrogens (tertiary/aromatic N) is 1. The number of nitro groups is 1. The quantitative estimate of drug-likeness (QED) is 0.492. The van der Waals surface area contributed by atoms with E-state index in [4.69, 9.17) is 27.9 Å². The molecule has 0 aliphatic carbocycles. The van der Waals surface area contributed by atoms with Gasteiger partial charge in [0.1, 0.15) is 5.69 Å². The molecule has 0 radical (unpaired) electrons. The number of anilines is 1. The molecule has 7 nitrogen and oxygen atoms in total. The topological polar surface area (TPSA) is 98.5 Å². The van der Waals surface area contributed by atoms with E-state index >= 15 is 0 Å². The number of amides is 1. The third-order valence-corrected chi connectivity index (χ3v) is 3.60. The average molecular weight is 369 g/mol. The van der Waals surface area contributed by atoms with Crippen molar-refractivity contribution < 1.29 is 19.2 Å². The molecule has 2 aromatic rings. The van der Waals surface area contributed by atoms with Crippen molar-refractivity contribution >= 4 is 46.5 Å². The highest BCUT2D eigenvalue weighted by atomic mass is 35.5. The Hall–Kier alpha value is -2.64. The van der Waals surface area contributed by atoms with Gasteiger partial charge in [0.15, 0.2) is 6.61 Å². The maximum atomic E-state index is 11.8. The molecular weight excluding hydrogens is 359 g/mol. The molecule has 0 aliphatic rings. The van der Waals surface area contributed by atoms with Crippen LogP contribution in [0.15, 0.2) is 42.5 Å². The highest BCUT2D eigenvalue weighted by molar-refractivity contribution is 6.42. The van der Waals surface area contributed by atoms with Gasteiger partial charge in [-0.15, -0.1) is 0 Å². The Labute approximate surface area is 146 Å². The number of carbonyl (C=O) groups excluding carboxylic acids is 2. The van der Waals surface area contributed by atoms with Gasteiger partial charge in [-0.2, -0.15) is 0 Å². The zero-order valence-corrected chi connectivity index (χ0v) is 13.5. The Balaban J connectivity index is 1.97. The summed E-state index contributed by atoms with van der Waals surface area (Å²) in [6, 6.07) is 9.76. The van der Waals surface area contributed by atoms with Crippen molar-refractivity contribution in [1.29, 1.82) is 0 Å². The minimum atomic E-state index is -0.772. The average Bonchev–Trinajstić information content (AvgIpc) is 2.55. The lowest BCUT2D eigenvalue weighted by Crippen LogP contribution is -2.21. The third kappa shape index (κ3) is 4.43. The molecule has 0 fully saturated rings. The van der Waals surface area contributed by atoms with Crippen LogP contribution in [0.5, 0.6) is 0 Å². The summed E-state index contributed by atoms with van der Waals surface area (Å²) < 4.78 is 4.83. The molecular formula is C15H10Cl2N2O5. The van der Waals surface area contributed by atoms with Gasteiger partial charge in [-0.1, -0.05) is 35.3 Å². The number of para-hydroxylation sites is 2. The van der Waals surface area contributed by atoms with E-state index in [0.717, 1.165) is 0 Å². The summed E-state index contributed by atoms with van der Waals surface area (Å²) in [7, 11) is 0. The second-order valence-corrected chi connectivity index (χ2v) is 5.34. The van der Waals surface area contributed by atoms with Gasteiger partial charge in [-0.25, -0.2) is 4.79 Å². The van der Waals surface area contributed by atoms with E-state index < -0.39 is 23.4 Å². The van der Waals surface area contributed by atoms with E-state index in [-0.39, 0.29) is 27.0 Å². The van der Waals surface area contributed by atoms with Crippen molar-refractivity contribution in [2.75, 3.05) is 11.9 Å². The number of carbonyl (C=O) groups is 2. The van der Waals surface area contributed by atoms with Crippen LogP contribution in [0.3, 0.4) is 0 Å². The number of benzene rings is 2. The number of hydrogen-bond donors (Lipinski definition) is 1. The van der Waals surface area contributed by atoms with E-state index in [0.29, 0.717) is 0 Å². The van der Waals surface area contributed by atoms with Gasteiger partial charge >= 0.3 is 5.97 Å². The second-order valence-electron chi connectivity index (χ2n) is 4.53. The first-order chi connectivity index (χ1) is 11.4. The lowest BCUT2D eigenvalue weighted by molar-refractivity contribution is -0.383. The number of hydrogen-bond acceptors (Lipinski definition) is 5. The lowest BCUT2D eigenvalue weighted by Gasteiger charge is -2.07. The van der Waals surface area contributed by atoms with Gasteiger partial charge < -0.3 is 10.1 Å². The minimum Gasteiger partial charge on any atom is -0.452 e. The molecule has 2 aromatic carbocycles. The predicted octanol–water partition coefficient (Wildman–Crippen LogP) is 3.70. The van der Waals surface area contributed by atoms with Crippen molar-refractivity contribution in [3.8, 4) is 0 Å². The molecule has 1 amide bonds. The first-order valence-corrected chi connectivity index (χ1v) is 7.29. The van der Waals surface area contributed by atoms with Crippen LogP contribution in [0.4, 0.5) is 11.4 Å². The fourth-order valence-electron chi connectivity index (χ4n) is 1.76. The molecule has 24 heavy (non-hydrogen) atoms. The van der Waals surface area contributed by atoms with Crippen molar-refractivity contribution in [3.63, 3.8) is 0 Å². The number of rotatable bonds is 5. The Bertz CT molecular complexity index is 810. The van der Waals surface area contributed by atoms with Crippen LogP contribution in [0.2, 0.25) is 10.0 Å². The Morgan fingerprint density at radius 3 is 2.50 bits per heavy atom. The van der Waals surface area contributed by atoms with Crippen molar-refractivity contribution in [3.05, 3.63) is 68.2 Å². The van der Waals surface area contributed by atoms with Crippen molar-refractivity contribution in [1.82, 2.24) is 0 Å². The fourth-order valence-corrected chi connectivity index (χ4v) is 2.06. The van der Waals surface area contributed by atoms with Crippen LogP contribution in [0, 0.1) is 10.1 Å². The van der Waals surface area contributed by atoms with E-state index in [2.05, 4.69) is 5.32 Å². The molecule has 0 saturated heterocycles. The number of nitro benzene ring substituents is 1. The highest BCUT2D eigenvalue weighted by Crippen LogP contribution is 2.24. The van der Waals surface area contributed by atoms with Gasteiger partial charge in [0.2, 0.25) is 0 Å². The van der Waals surface area contributed by atoms with E-state index in [1.54, 1.807) is 0 Å². The molecule has 0 atom stereocenters. The zero-order valence-electron chi connectivity index (χ0n) is 12.0. The van der Waals surface area contributed by atoms with Gasteiger partial charge in [0, 0.05) is 6.07 Å². The monoisotopic (exact) mass is 368 g/mol. The molecule has 0 heterocycles. The minimum absolute atomic E-state index is 0.0121. The highest BCUT2D eigenvalue weighted by Gasteiger charge is 2.16. The summed E-state index contributed by atoms with van der Waals surface area (Å²) in [6.45, 7) is -0.606. The Morgan fingerprint density at radius 1 is 1.12 bits per heavy atom. The Kier molecular flexibility index (Phi) is 5.73. The summed E-state index contributed by atoms with van der Waals surface area (Å²) in [5.74, 6) is -1.48. The maximum Gasteiger partial charge on any atom is 0.338 e. The maximum absolute atomic E-state index is 11.8. The van der Waals surface area contributed by atoms with Gasteiger partial charge in [0.25, 0.3) is 11.6 Å². The second kappa shape index (κ2) is 7.76. The van der Waals surface area contributed by atoms with Crippen LogP contribution in [-0.4, -0.2) is 23.4 Å². The molecule has 9 heteroatoms. The largest absolute Gasteiger partial charge is 0.452 e. The molecule has 0 spiro atoms. The summed E-state index contributed by atoms with van der Waals surface area (Å²) in [6.07, 6.45) is 0. The molecule has 0 saturated carbocycles. The summed E-state index contributed by atoms with van der Waals surface area (Å²) >= 11 is 11.5. The van der Waals surface area contributed by atoms with Crippen molar-refractivity contribution in [2.24, 2.45) is 0 Å². The van der Waals surface area contributed by atoms with E-state index in [1.807, 2.05) is 0 Å². The van der Waals surface area contributed by atoms with Crippen LogP contribution in [0.25, 0.3) is 0 Å². The molecule has 0 aliphatic heterocycles. The number of halogens is 2. The van der Waals surface area contributed by atoms with Gasteiger partial charge in [-0.3, -0.25) is 14.9 Å². The standard InChI is InChI=1S/C15H10Cl2N2O5/c16-10-6-5-9(7-11(10)17)15(21)24-8-14(20)18-12-3-1-2-4-13(12)19(22)23/h1-7H,8H2,(H,18,20). The first kappa shape index (κ1) is 17.7.